The van der Waals surface area contributed by atoms with Crippen molar-refractivity contribution in [2.24, 2.45) is 5.92 Å². The van der Waals surface area contributed by atoms with Gasteiger partial charge in [0.15, 0.2) is 0 Å². The van der Waals surface area contributed by atoms with Crippen LogP contribution in [0, 0.1) is 5.92 Å². The second-order valence-corrected chi connectivity index (χ2v) is 3.60. The van der Waals surface area contributed by atoms with E-state index in [4.69, 9.17) is 0 Å². The van der Waals surface area contributed by atoms with Gasteiger partial charge < -0.3 is 5.32 Å². The van der Waals surface area contributed by atoms with E-state index < -0.39 is 0 Å². The quantitative estimate of drug-likeness (QED) is 0.628. The maximum Gasteiger partial charge on any atom is -0.00258 e. The highest BCUT2D eigenvalue weighted by atomic mass is 14.8. The molecule has 0 heterocycles. The van der Waals surface area contributed by atoms with Gasteiger partial charge >= 0.3 is 0 Å². The summed E-state index contributed by atoms with van der Waals surface area (Å²) in [4.78, 5) is 0. The Balaban J connectivity index is 0. The van der Waals surface area contributed by atoms with E-state index in [0.717, 1.165) is 19.0 Å². The van der Waals surface area contributed by atoms with Crippen molar-refractivity contribution < 1.29 is 0 Å². The first kappa shape index (κ1) is 14.5. The maximum absolute atomic E-state index is 3.33. The first-order valence-electron chi connectivity index (χ1n) is 5.39. The molecule has 0 rings (SSSR count). The Morgan fingerprint density at radius 2 is 1.42 bits per heavy atom. The highest BCUT2D eigenvalue weighted by Gasteiger charge is 1.88. The van der Waals surface area contributed by atoms with Crippen LogP contribution in [0.1, 0.15) is 53.9 Å². The minimum Gasteiger partial charge on any atom is -0.316 e. The van der Waals surface area contributed by atoms with E-state index in [1.54, 1.807) is 0 Å². The number of nitrogens with one attached hydrogen (secondary N) is 1. The van der Waals surface area contributed by atoms with Gasteiger partial charge in [0, 0.05) is 0 Å². The molecule has 0 aliphatic rings. The van der Waals surface area contributed by atoms with E-state index >= 15 is 0 Å². The summed E-state index contributed by atoms with van der Waals surface area (Å²) in [6, 6.07) is 0. The maximum atomic E-state index is 3.33. The van der Waals surface area contributed by atoms with Crippen LogP contribution in [0.5, 0.6) is 0 Å². The molecule has 0 saturated carbocycles. The van der Waals surface area contributed by atoms with Crippen LogP contribution in [0.25, 0.3) is 0 Å². The van der Waals surface area contributed by atoms with Crippen molar-refractivity contribution >= 4 is 0 Å². The van der Waals surface area contributed by atoms with Crippen LogP contribution >= 0.6 is 0 Å². The molecule has 0 amide bonds. The molecule has 1 N–H and O–H groups in total. The van der Waals surface area contributed by atoms with Crippen molar-refractivity contribution in [1.29, 1.82) is 0 Å². The Kier molecular flexibility index (Phi) is 16.3. The Morgan fingerprint density at radius 3 is 1.67 bits per heavy atom. The molecule has 0 atom stereocenters. The Hall–Kier alpha value is -0.0400. The summed E-state index contributed by atoms with van der Waals surface area (Å²) in [5.74, 6) is 0.793. The fourth-order valence-corrected chi connectivity index (χ4v) is 0.568. The fourth-order valence-electron chi connectivity index (χ4n) is 0.568. The van der Waals surface area contributed by atoms with Crippen molar-refractivity contribution in [3.63, 3.8) is 0 Å². The molecule has 0 spiro atoms. The summed E-state index contributed by atoms with van der Waals surface area (Å²) < 4.78 is 0. The highest BCUT2D eigenvalue weighted by Crippen LogP contribution is 1.86. The van der Waals surface area contributed by atoms with Gasteiger partial charge in [-0.15, -0.1) is 0 Å². The normalized spacial score (nSPS) is 9.50. The zero-order chi connectivity index (χ0) is 9.82. The molecule has 0 fully saturated rings. The zero-order valence-electron chi connectivity index (χ0n) is 9.61. The lowest BCUT2D eigenvalue weighted by molar-refractivity contribution is 0.550. The third kappa shape index (κ3) is 22.5. The van der Waals surface area contributed by atoms with E-state index in [-0.39, 0.29) is 0 Å². The highest BCUT2D eigenvalue weighted by molar-refractivity contribution is 4.48. The monoisotopic (exact) mass is 173 g/mol. The zero-order valence-corrected chi connectivity index (χ0v) is 9.61. The van der Waals surface area contributed by atoms with Crippen LogP contribution in [-0.4, -0.2) is 13.1 Å². The predicted octanol–water partition coefficient (Wildman–Crippen LogP) is 3.45. The first-order chi connectivity index (χ1) is 5.68. The van der Waals surface area contributed by atoms with Crippen molar-refractivity contribution in [3.8, 4) is 0 Å². The van der Waals surface area contributed by atoms with Gasteiger partial charge in [0.25, 0.3) is 0 Å². The molecule has 0 aliphatic carbocycles. The smallest absolute Gasteiger partial charge is 0.00258 e. The van der Waals surface area contributed by atoms with Gasteiger partial charge in [0.1, 0.15) is 0 Å². The van der Waals surface area contributed by atoms with Gasteiger partial charge in [-0.25, -0.2) is 0 Å². The van der Waals surface area contributed by atoms with E-state index in [1.165, 1.54) is 19.3 Å². The minimum absolute atomic E-state index is 0.793. The SMILES string of the molecule is CCCC.CCCNCC(C)C. The molecule has 0 aromatic heterocycles. The summed E-state index contributed by atoms with van der Waals surface area (Å²) in [5.41, 5.74) is 0. The van der Waals surface area contributed by atoms with Crippen LogP contribution in [-0.2, 0) is 0 Å². The van der Waals surface area contributed by atoms with Crippen LogP contribution in [0.15, 0.2) is 0 Å². The van der Waals surface area contributed by atoms with Crippen LogP contribution in [0.4, 0.5) is 0 Å². The lowest BCUT2D eigenvalue weighted by atomic mass is 10.2. The van der Waals surface area contributed by atoms with Crippen molar-refractivity contribution in [2.45, 2.75) is 53.9 Å². The molecule has 0 aliphatic heterocycles. The van der Waals surface area contributed by atoms with Crippen molar-refractivity contribution in [1.82, 2.24) is 5.32 Å². The molecule has 1 nitrogen and oxygen atoms in total. The molecule has 0 aromatic rings. The van der Waals surface area contributed by atoms with Gasteiger partial charge in [-0.05, 0) is 25.4 Å². The standard InChI is InChI=1S/C7H17N.C4H10/c1-4-5-8-6-7(2)3;1-3-4-2/h7-8H,4-6H2,1-3H3;3-4H2,1-2H3. The number of rotatable bonds is 5. The van der Waals surface area contributed by atoms with Gasteiger partial charge in [-0.3, -0.25) is 0 Å². The molecule has 12 heavy (non-hydrogen) atoms. The second kappa shape index (κ2) is 13.5. The summed E-state index contributed by atoms with van der Waals surface area (Å²) >= 11 is 0. The summed E-state index contributed by atoms with van der Waals surface area (Å²) in [5, 5.41) is 3.33. The van der Waals surface area contributed by atoms with Crippen molar-refractivity contribution in [2.75, 3.05) is 13.1 Å². The lowest BCUT2D eigenvalue weighted by Gasteiger charge is -2.03. The van der Waals surface area contributed by atoms with Gasteiger partial charge in [-0.1, -0.05) is 47.5 Å². The van der Waals surface area contributed by atoms with Gasteiger partial charge in [0.05, 0.1) is 0 Å². The Labute approximate surface area is 78.9 Å². The fraction of sp³-hybridized carbons (Fsp3) is 1.00. The number of hydrogen-bond acceptors (Lipinski definition) is 1. The molecular weight excluding hydrogens is 146 g/mol. The van der Waals surface area contributed by atoms with Crippen LogP contribution in [0.3, 0.4) is 0 Å². The van der Waals surface area contributed by atoms with Crippen LogP contribution in [0.2, 0.25) is 0 Å². The molecule has 0 unspecified atom stereocenters. The van der Waals surface area contributed by atoms with E-state index in [9.17, 15) is 0 Å². The summed E-state index contributed by atoms with van der Waals surface area (Å²) in [6.07, 6.45) is 3.88. The average Bonchev–Trinajstić information content (AvgIpc) is 2.05. The van der Waals surface area contributed by atoms with E-state index in [0.29, 0.717) is 0 Å². The summed E-state index contributed by atoms with van der Waals surface area (Å²) in [6.45, 7) is 13.3. The molecule has 0 bridgehead atoms. The molecule has 0 radical (unpaired) electrons. The molecule has 1 heteroatoms. The molecule has 0 aromatic carbocycles. The summed E-state index contributed by atoms with van der Waals surface area (Å²) in [7, 11) is 0. The molecule has 76 valence electrons. The van der Waals surface area contributed by atoms with E-state index in [1.807, 2.05) is 0 Å². The Morgan fingerprint density at radius 1 is 0.917 bits per heavy atom. The third-order valence-corrected chi connectivity index (χ3v) is 1.48. The Bertz CT molecular complexity index is 58.0. The lowest BCUT2D eigenvalue weighted by Crippen LogP contribution is -2.19. The largest absolute Gasteiger partial charge is 0.316 e. The van der Waals surface area contributed by atoms with Crippen LogP contribution < -0.4 is 5.32 Å². The first-order valence-corrected chi connectivity index (χ1v) is 5.39. The molecular formula is C11H27N. The topological polar surface area (TPSA) is 12.0 Å². The molecule has 0 saturated heterocycles. The van der Waals surface area contributed by atoms with Gasteiger partial charge in [0.2, 0.25) is 0 Å². The number of hydrogen-bond donors (Lipinski definition) is 1. The van der Waals surface area contributed by atoms with Crippen molar-refractivity contribution in [3.05, 3.63) is 0 Å². The third-order valence-electron chi connectivity index (χ3n) is 1.48. The van der Waals surface area contributed by atoms with Gasteiger partial charge in [-0.2, -0.15) is 0 Å². The van der Waals surface area contributed by atoms with E-state index in [2.05, 4.69) is 39.9 Å². The number of unbranched alkanes of at least 4 members (excludes halogenated alkanes) is 1. The average molecular weight is 173 g/mol. The predicted molar refractivity (Wildman–Crippen MR) is 58.6 cm³/mol. The second-order valence-electron chi connectivity index (χ2n) is 3.60. The minimum atomic E-state index is 0.793.